The number of nitrogens with zero attached hydrogens (tertiary/aromatic N) is 6. The molecule has 1 aromatic carbocycles. The lowest BCUT2D eigenvalue weighted by atomic mass is 10.1. The van der Waals surface area contributed by atoms with Gasteiger partial charge in [0.05, 0.1) is 41.4 Å². The quantitative estimate of drug-likeness (QED) is 0.455. The van der Waals surface area contributed by atoms with E-state index in [1.54, 1.807) is 29.1 Å². The van der Waals surface area contributed by atoms with Crippen molar-refractivity contribution in [2.45, 2.75) is 32.3 Å². The summed E-state index contributed by atoms with van der Waals surface area (Å²) in [4.78, 5) is 15.7. The third-order valence-corrected chi connectivity index (χ3v) is 5.96. The summed E-state index contributed by atoms with van der Waals surface area (Å²) in [6.45, 7) is 3.78. The monoisotopic (exact) mass is 442 g/mol. The molecule has 1 aliphatic heterocycles. The number of pyridine rings is 1. The molecular formula is C25H23FN6O. The van der Waals surface area contributed by atoms with Crippen molar-refractivity contribution < 1.29 is 9.13 Å². The van der Waals surface area contributed by atoms with E-state index in [0.717, 1.165) is 43.9 Å². The smallest absolute Gasteiger partial charge is 0.149 e. The van der Waals surface area contributed by atoms with Gasteiger partial charge in [0.15, 0.2) is 0 Å². The summed E-state index contributed by atoms with van der Waals surface area (Å²) < 4.78 is 22.4. The first-order valence-electron chi connectivity index (χ1n) is 11.0. The Bertz CT molecular complexity index is 1300. The molecule has 1 saturated heterocycles. The number of halogens is 1. The number of aryl methyl sites for hydroxylation is 1. The maximum Gasteiger partial charge on any atom is 0.149 e. The largest absolute Gasteiger partial charge is 0.489 e. The van der Waals surface area contributed by atoms with E-state index in [1.807, 2.05) is 30.6 Å². The van der Waals surface area contributed by atoms with Crippen LogP contribution in [0.25, 0.3) is 16.7 Å². The van der Waals surface area contributed by atoms with Gasteiger partial charge in [-0.2, -0.15) is 5.26 Å². The highest BCUT2D eigenvalue weighted by molar-refractivity contribution is 5.83. The van der Waals surface area contributed by atoms with Gasteiger partial charge in [-0.3, -0.25) is 9.55 Å². The van der Waals surface area contributed by atoms with Gasteiger partial charge in [0.25, 0.3) is 0 Å². The minimum Gasteiger partial charge on any atom is -0.489 e. The molecule has 5 rings (SSSR count). The zero-order valence-electron chi connectivity index (χ0n) is 18.3. The molecule has 0 amide bonds. The Morgan fingerprint density at radius 3 is 2.55 bits per heavy atom. The molecule has 0 unspecified atom stereocenters. The summed E-state index contributed by atoms with van der Waals surface area (Å²) in [6, 6.07) is 10.3. The second-order valence-corrected chi connectivity index (χ2v) is 8.07. The molecular weight excluding hydrogens is 419 g/mol. The summed E-state index contributed by atoms with van der Waals surface area (Å²) in [6.07, 6.45) is 9.86. The Kier molecular flexibility index (Phi) is 5.61. The first-order valence-corrected chi connectivity index (χ1v) is 11.0. The molecule has 0 aliphatic carbocycles. The Hall–Kier alpha value is -3.99. The number of aromatic nitrogens is 4. The van der Waals surface area contributed by atoms with E-state index >= 15 is 0 Å². The van der Waals surface area contributed by atoms with Gasteiger partial charge in [0.2, 0.25) is 0 Å². The van der Waals surface area contributed by atoms with Gasteiger partial charge in [-0.05, 0) is 36.8 Å². The van der Waals surface area contributed by atoms with Gasteiger partial charge < -0.3 is 9.64 Å². The van der Waals surface area contributed by atoms with Crippen LogP contribution in [0.4, 0.5) is 10.2 Å². The third-order valence-electron chi connectivity index (χ3n) is 5.96. The fraction of sp³-hybridized carbons (Fsp3) is 0.280. The van der Waals surface area contributed by atoms with Crippen LogP contribution in [0.5, 0.6) is 5.75 Å². The standard InChI is InChI=1S/C25H23FN6O/c1-2-19-14-29-24(16-28-19)31-8-6-20(7-9-31)33-21-3-4-23(30-15-21)32-10-5-18-11-17(13-27)12-22(26)25(18)32/h3-5,10-12,14-16,20H,2,6-9H2,1H3. The summed E-state index contributed by atoms with van der Waals surface area (Å²) in [5, 5.41) is 9.71. The van der Waals surface area contributed by atoms with E-state index in [1.165, 1.54) is 6.07 Å². The van der Waals surface area contributed by atoms with Crippen molar-refractivity contribution in [3.63, 3.8) is 0 Å². The molecule has 0 atom stereocenters. The van der Waals surface area contributed by atoms with E-state index in [9.17, 15) is 4.39 Å². The highest BCUT2D eigenvalue weighted by Crippen LogP contribution is 2.26. The van der Waals surface area contributed by atoms with E-state index in [0.29, 0.717) is 28.0 Å². The first-order chi connectivity index (χ1) is 16.1. The van der Waals surface area contributed by atoms with Gasteiger partial charge in [-0.15, -0.1) is 0 Å². The molecule has 8 heteroatoms. The SMILES string of the molecule is CCc1cnc(N2CCC(Oc3ccc(-n4ccc5cc(C#N)cc(F)c54)nc3)CC2)cn1. The van der Waals surface area contributed by atoms with Crippen LogP contribution >= 0.6 is 0 Å². The van der Waals surface area contributed by atoms with Gasteiger partial charge >= 0.3 is 0 Å². The van der Waals surface area contributed by atoms with Gasteiger partial charge in [0, 0.05) is 37.5 Å². The van der Waals surface area contributed by atoms with Gasteiger partial charge in [-0.1, -0.05) is 6.92 Å². The Balaban J connectivity index is 1.24. The lowest BCUT2D eigenvalue weighted by Gasteiger charge is -2.32. The van der Waals surface area contributed by atoms with Crippen molar-refractivity contribution >= 4 is 16.7 Å². The summed E-state index contributed by atoms with van der Waals surface area (Å²) in [5.41, 5.74) is 1.69. The topological polar surface area (TPSA) is 79.9 Å². The normalized spacial score (nSPS) is 14.4. The summed E-state index contributed by atoms with van der Waals surface area (Å²) in [7, 11) is 0. The van der Waals surface area contributed by atoms with E-state index in [-0.39, 0.29) is 6.10 Å². The first kappa shape index (κ1) is 20.9. The zero-order valence-corrected chi connectivity index (χ0v) is 18.3. The highest BCUT2D eigenvalue weighted by atomic mass is 19.1. The van der Waals surface area contributed by atoms with Crippen molar-refractivity contribution in [1.29, 1.82) is 5.26 Å². The molecule has 7 nitrogen and oxygen atoms in total. The number of hydrogen-bond donors (Lipinski definition) is 0. The highest BCUT2D eigenvalue weighted by Gasteiger charge is 2.22. The Morgan fingerprint density at radius 2 is 1.88 bits per heavy atom. The molecule has 1 fully saturated rings. The van der Waals surface area contributed by atoms with Crippen LogP contribution in [-0.4, -0.2) is 38.7 Å². The average Bonchev–Trinajstić information content (AvgIpc) is 3.30. The minimum absolute atomic E-state index is 0.103. The van der Waals surface area contributed by atoms with Crippen molar-refractivity contribution in [2.24, 2.45) is 0 Å². The number of benzene rings is 1. The summed E-state index contributed by atoms with van der Waals surface area (Å²) >= 11 is 0. The van der Waals surface area contributed by atoms with E-state index in [4.69, 9.17) is 10.00 Å². The molecule has 0 saturated carbocycles. The predicted molar refractivity (Wildman–Crippen MR) is 123 cm³/mol. The average molecular weight is 442 g/mol. The van der Waals surface area contributed by atoms with Crippen LogP contribution in [0, 0.1) is 17.1 Å². The molecule has 0 N–H and O–H groups in total. The van der Waals surface area contributed by atoms with Crippen LogP contribution in [0.15, 0.2) is 55.1 Å². The number of hydrogen-bond acceptors (Lipinski definition) is 6. The fourth-order valence-corrected chi connectivity index (χ4v) is 4.16. The molecule has 166 valence electrons. The molecule has 4 aromatic rings. The molecule has 1 aliphatic rings. The molecule has 33 heavy (non-hydrogen) atoms. The zero-order chi connectivity index (χ0) is 22.8. The van der Waals surface area contributed by atoms with E-state index in [2.05, 4.69) is 26.8 Å². The van der Waals surface area contributed by atoms with Crippen LogP contribution in [0.2, 0.25) is 0 Å². The maximum atomic E-state index is 14.6. The van der Waals surface area contributed by atoms with Crippen molar-refractivity contribution in [1.82, 2.24) is 19.5 Å². The van der Waals surface area contributed by atoms with E-state index < -0.39 is 5.82 Å². The van der Waals surface area contributed by atoms with Crippen LogP contribution in [-0.2, 0) is 6.42 Å². The molecule has 0 radical (unpaired) electrons. The molecule has 0 spiro atoms. The second kappa shape index (κ2) is 8.87. The lowest BCUT2D eigenvalue weighted by molar-refractivity contribution is 0.170. The van der Waals surface area contributed by atoms with Crippen molar-refractivity contribution in [2.75, 3.05) is 18.0 Å². The van der Waals surface area contributed by atoms with Crippen molar-refractivity contribution in [3.8, 4) is 17.6 Å². The van der Waals surface area contributed by atoms with Crippen molar-refractivity contribution in [3.05, 3.63) is 72.2 Å². The second-order valence-electron chi connectivity index (χ2n) is 8.07. The summed E-state index contributed by atoms with van der Waals surface area (Å²) in [5.74, 6) is 1.74. The van der Waals surface area contributed by atoms with Crippen LogP contribution in [0.1, 0.15) is 31.0 Å². The van der Waals surface area contributed by atoms with Crippen LogP contribution < -0.4 is 9.64 Å². The number of piperidine rings is 1. The number of fused-ring (bicyclic) bond motifs is 1. The molecule has 0 bridgehead atoms. The molecule has 4 heterocycles. The maximum absolute atomic E-state index is 14.6. The minimum atomic E-state index is -0.447. The third kappa shape index (κ3) is 4.22. The van der Waals surface area contributed by atoms with Gasteiger partial charge in [0.1, 0.15) is 29.3 Å². The van der Waals surface area contributed by atoms with Gasteiger partial charge in [-0.25, -0.2) is 14.4 Å². The predicted octanol–water partition coefficient (Wildman–Crippen LogP) is 4.44. The van der Waals surface area contributed by atoms with Crippen LogP contribution in [0.3, 0.4) is 0 Å². The number of nitriles is 1. The number of ether oxygens (including phenoxy) is 1. The Morgan fingerprint density at radius 1 is 1.06 bits per heavy atom. The Labute approximate surface area is 191 Å². The lowest BCUT2D eigenvalue weighted by Crippen LogP contribution is -2.38. The number of rotatable bonds is 5. The fourth-order valence-electron chi connectivity index (χ4n) is 4.16. The molecule has 3 aromatic heterocycles. The number of anilines is 1.